The van der Waals surface area contributed by atoms with Crippen LogP contribution in [0.5, 0.6) is 0 Å². The molecule has 1 N–H and O–H groups in total. The number of aromatic nitrogens is 1. The molecule has 0 saturated carbocycles. The molecule has 2 heteroatoms. The summed E-state index contributed by atoms with van der Waals surface area (Å²) in [5, 5.41) is 2.75. The molecule has 0 aromatic carbocycles. The van der Waals surface area contributed by atoms with Crippen molar-refractivity contribution in [1.29, 1.82) is 0 Å². The van der Waals surface area contributed by atoms with Crippen molar-refractivity contribution in [2.24, 2.45) is 0 Å². The quantitative estimate of drug-likeness (QED) is 0.642. The highest BCUT2D eigenvalue weighted by Crippen LogP contribution is 1.88. The molecule has 1 rings (SSSR count). The van der Waals surface area contributed by atoms with Crippen LogP contribution >= 0.6 is 0 Å². The van der Waals surface area contributed by atoms with Crippen molar-refractivity contribution in [2.45, 2.75) is 20.8 Å². The highest BCUT2D eigenvalue weighted by Gasteiger charge is 1.73. The first-order valence-corrected chi connectivity index (χ1v) is 4.26. The Kier molecular flexibility index (Phi) is 14.5. The molecule has 70 valence electrons. The maximum absolute atomic E-state index is 3.88. The summed E-state index contributed by atoms with van der Waals surface area (Å²) in [5.41, 5.74) is 1.21. The molecule has 12 heavy (non-hydrogen) atoms. The summed E-state index contributed by atoms with van der Waals surface area (Å²) >= 11 is 0. The van der Waals surface area contributed by atoms with Crippen molar-refractivity contribution in [1.82, 2.24) is 10.3 Å². The van der Waals surface area contributed by atoms with Crippen molar-refractivity contribution in [3.8, 4) is 0 Å². The summed E-state index contributed by atoms with van der Waals surface area (Å²) in [6.45, 7) is 6.02. The molecule has 0 amide bonds. The number of nitrogens with zero attached hydrogens (tertiary/aromatic N) is 1. The Labute approximate surface area is 76.0 Å². The summed E-state index contributed by atoms with van der Waals surface area (Å²) in [6.07, 6.45) is 3.60. The van der Waals surface area contributed by atoms with E-state index in [0.717, 1.165) is 0 Å². The molecule has 0 fully saturated rings. The Morgan fingerprint density at radius 2 is 1.75 bits per heavy atom. The molecule has 0 aliphatic carbocycles. The molecule has 0 atom stereocenters. The average Bonchev–Trinajstić information content (AvgIpc) is 2.11. The number of hydrogen-bond donors (Lipinski definition) is 1. The van der Waals surface area contributed by atoms with Gasteiger partial charge in [0.2, 0.25) is 0 Å². The predicted molar refractivity (Wildman–Crippen MR) is 55.3 cm³/mol. The molecule has 0 aliphatic rings. The van der Waals surface area contributed by atoms with Gasteiger partial charge in [-0.25, -0.2) is 0 Å². The Morgan fingerprint density at radius 1 is 1.25 bits per heavy atom. The van der Waals surface area contributed by atoms with E-state index < -0.39 is 0 Å². The van der Waals surface area contributed by atoms with Crippen LogP contribution in [0.2, 0.25) is 0 Å². The fraction of sp³-hybridized carbons (Fsp3) is 0.500. The lowest BCUT2D eigenvalue weighted by molar-refractivity contribution is 1.02. The molecule has 0 aliphatic heterocycles. The van der Waals surface area contributed by atoms with Gasteiger partial charge in [0.15, 0.2) is 0 Å². The van der Waals surface area contributed by atoms with Crippen molar-refractivity contribution >= 4 is 0 Å². The second kappa shape index (κ2) is 12.8. The lowest BCUT2D eigenvalue weighted by Crippen LogP contribution is -1.89. The first kappa shape index (κ1) is 13.7. The lowest BCUT2D eigenvalue weighted by atomic mass is 10.3. The van der Waals surface area contributed by atoms with Crippen LogP contribution in [-0.2, 0) is 0 Å². The van der Waals surface area contributed by atoms with Crippen LogP contribution in [0, 0.1) is 6.92 Å². The minimum Gasteiger partial charge on any atom is -0.323 e. The second-order valence-electron chi connectivity index (χ2n) is 2.03. The Hall–Kier alpha value is -0.890. The highest BCUT2D eigenvalue weighted by atomic mass is 14.7. The summed E-state index contributed by atoms with van der Waals surface area (Å²) in [6, 6.07) is 3.95. The molecule has 1 aromatic heterocycles. The molecule has 0 saturated heterocycles. The van der Waals surface area contributed by atoms with E-state index in [0.29, 0.717) is 0 Å². The molecule has 0 spiro atoms. The first-order chi connectivity index (χ1) is 5.81. The van der Waals surface area contributed by atoms with Gasteiger partial charge in [-0.1, -0.05) is 19.9 Å². The molecule has 0 unspecified atom stereocenters. The van der Waals surface area contributed by atoms with Gasteiger partial charge in [-0.3, -0.25) is 4.98 Å². The largest absolute Gasteiger partial charge is 0.323 e. The third-order valence-corrected chi connectivity index (χ3v) is 0.809. The van der Waals surface area contributed by atoms with Crippen molar-refractivity contribution in [2.75, 3.05) is 14.1 Å². The Morgan fingerprint density at radius 3 is 1.92 bits per heavy atom. The van der Waals surface area contributed by atoms with Crippen LogP contribution < -0.4 is 5.32 Å². The Balaban J connectivity index is 0. The number of hydrogen-bond acceptors (Lipinski definition) is 2. The van der Waals surface area contributed by atoms with Gasteiger partial charge in [-0.2, -0.15) is 0 Å². The third-order valence-electron chi connectivity index (χ3n) is 0.809. The van der Waals surface area contributed by atoms with Crippen LogP contribution in [0.4, 0.5) is 0 Å². The van der Waals surface area contributed by atoms with Gasteiger partial charge >= 0.3 is 0 Å². The zero-order valence-corrected chi connectivity index (χ0v) is 8.76. The van der Waals surface area contributed by atoms with Crippen molar-refractivity contribution in [3.63, 3.8) is 0 Å². The summed E-state index contributed by atoms with van der Waals surface area (Å²) < 4.78 is 0. The van der Waals surface area contributed by atoms with E-state index in [4.69, 9.17) is 0 Å². The maximum Gasteiger partial charge on any atom is 0.0297 e. The zero-order chi connectivity index (χ0) is 9.82. The van der Waals surface area contributed by atoms with Crippen molar-refractivity contribution in [3.05, 3.63) is 30.1 Å². The van der Waals surface area contributed by atoms with E-state index in [1.165, 1.54) is 5.56 Å². The topological polar surface area (TPSA) is 24.9 Å². The van der Waals surface area contributed by atoms with E-state index in [2.05, 4.69) is 10.3 Å². The molecular weight excluding hydrogens is 148 g/mol. The molecule has 1 heterocycles. The van der Waals surface area contributed by atoms with Gasteiger partial charge in [0.1, 0.15) is 0 Å². The van der Waals surface area contributed by atoms with E-state index in [9.17, 15) is 0 Å². The number of aryl methyl sites for hydroxylation is 1. The van der Waals surface area contributed by atoms with Gasteiger partial charge in [-0.05, 0) is 32.6 Å². The highest BCUT2D eigenvalue weighted by molar-refractivity contribution is 5.04. The lowest BCUT2D eigenvalue weighted by Gasteiger charge is -1.82. The van der Waals surface area contributed by atoms with Gasteiger partial charge in [-0.15, -0.1) is 0 Å². The van der Waals surface area contributed by atoms with Crippen LogP contribution in [-0.4, -0.2) is 19.1 Å². The number of nitrogens with one attached hydrogen (secondary N) is 1. The van der Waals surface area contributed by atoms with Crippen LogP contribution in [0.15, 0.2) is 24.5 Å². The van der Waals surface area contributed by atoms with E-state index in [-0.39, 0.29) is 0 Å². The summed E-state index contributed by atoms with van der Waals surface area (Å²) in [5.74, 6) is 0. The maximum atomic E-state index is 3.88. The smallest absolute Gasteiger partial charge is 0.0297 e. The Bertz CT molecular complexity index is 149. The van der Waals surface area contributed by atoms with Crippen LogP contribution in [0.3, 0.4) is 0 Å². The molecule has 2 nitrogen and oxygen atoms in total. The predicted octanol–water partition coefficient (Wildman–Crippen LogP) is 2.25. The van der Waals surface area contributed by atoms with E-state index in [1.807, 2.05) is 53.2 Å². The van der Waals surface area contributed by atoms with Gasteiger partial charge in [0, 0.05) is 12.4 Å². The fourth-order valence-electron chi connectivity index (χ4n) is 0.448. The average molecular weight is 168 g/mol. The van der Waals surface area contributed by atoms with E-state index >= 15 is 0 Å². The fourth-order valence-corrected chi connectivity index (χ4v) is 0.448. The van der Waals surface area contributed by atoms with Gasteiger partial charge < -0.3 is 5.32 Å². The minimum absolute atomic E-state index is 1.21. The normalized spacial score (nSPS) is 7.08. The number of pyridine rings is 1. The standard InChI is InChI=1S/C6H7N.C2H7N.C2H6/c1-6-3-2-4-7-5-6;1-3-2;1-2/h2-5H,1H3;3H,1-2H3;1-2H3. The first-order valence-electron chi connectivity index (χ1n) is 4.26. The molecular formula is C10H20N2. The van der Waals surface area contributed by atoms with Gasteiger partial charge in [0.05, 0.1) is 0 Å². The summed E-state index contributed by atoms with van der Waals surface area (Å²) in [4.78, 5) is 3.88. The van der Waals surface area contributed by atoms with E-state index in [1.54, 1.807) is 6.20 Å². The zero-order valence-electron chi connectivity index (χ0n) is 8.76. The summed E-state index contributed by atoms with van der Waals surface area (Å²) in [7, 11) is 3.75. The second-order valence-corrected chi connectivity index (χ2v) is 2.03. The minimum atomic E-state index is 1.21. The van der Waals surface area contributed by atoms with Crippen molar-refractivity contribution < 1.29 is 0 Å². The molecule has 0 bridgehead atoms. The third kappa shape index (κ3) is 11.9. The molecule has 1 aromatic rings. The van der Waals surface area contributed by atoms with Crippen LogP contribution in [0.25, 0.3) is 0 Å². The molecule has 0 radical (unpaired) electrons. The SMILES string of the molecule is CC.CNC.Cc1cccnc1. The van der Waals surface area contributed by atoms with Gasteiger partial charge in [0.25, 0.3) is 0 Å². The monoisotopic (exact) mass is 168 g/mol. The number of rotatable bonds is 0. The van der Waals surface area contributed by atoms with Crippen LogP contribution in [0.1, 0.15) is 19.4 Å².